The van der Waals surface area contributed by atoms with Crippen LogP contribution in [-0.4, -0.2) is 45.0 Å². The highest BCUT2D eigenvalue weighted by Gasteiger charge is 2.34. The quantitative estimate of drug-likeness (QED) is 0.745. The standard InChI is InChI=1S/C16H26N6O2S/c1-10(2)12(13(23)18-14(17)24)25-16-20-19-15(22(16)11-6-7-11)21-8-4-3-5-9-21/h10-12H,3-9H2,1-2H3,(H3,17,18,23,24)/t12-/m1/s1. The van der Waals surface area contributed by atoms with E-state index >= 15 is 0 Å². The van der Waals surface area contributed by atoms with Crippen LogP contribution in [0.4, 0.5) is 10.7 Å². The predicted molar refractivity (Wildman–Crippen MR) is 96.6 cm³/mol. The number of hydrogen-bond acceptors (Lipinski definition) is 6. The number of nitrogens with zero attached hydrogens (tertiary/aromatic N) is 4. The van der Waals surface area contributed by atoms with Crippen LogP contribution in [0.25, 0.3) is 0 Å². The van der Waals surface area contributed by atoms with Gasteiger partial charge >= 0.3 is 6.03 Å². The maximum atomic E-state index is 12.3. The molecule has 138 valence electrons. The average Bonchev–Trinajstić information content (AvgIpc) is 3.32. The Morgan fingerprint density at radius 3 is 2.44 bits per heavy atom. The minimum Gasteiger partial charge on any atom is -0.351 e. The van der Waals surface area contributed by atoms with Crippen molar-refractivity contribution in [2.45, 2.75) is 62.4 Å². The summed E-state index contributed by atoms with van der Waals surface area (Å²) in [6, 6.07) is -0.407. The number of primary amides is 1. The lowest BCUT2D eigenvalue weighted by atomic mass is 10.1. The Morgan fingerprint density at radius 1 is 1.20 bits per heavy atom. The average molecular weight is 366 g/mol. The largest absolute Gasteiger partial charge is 0.351 e. The number of carbonyl (C=O) groups is 2. The van der Waals surface area contributed by atoms with E-state index in [1.807, 2.05) is 13.8 Å². The first-order valence-electron chi connectivity index (χ1n) is 8.94. The molecule has 1 aliphatic carbocycles. The molecule has 2 heterocycles. The zero-order valence-corrected chi connectivity index (χ0v) is 15.6. The van der Waals surface area contributed by atoms with Crippen molar-refractivity contribution in [3.8, 4) is 0 Å². The fourth-order valence-corrected chi connectivity index (χ4v) is 4.21. The number of nitrogens with one attached hydrogen (secondary N) is 1. The highest BCUT2D eigenvalue weighted by atomic mass is 32.2. The molecule has 2 aliphatic rings. The number of carbonyl (C=O) groups excluding carboxylic acids is 2. The van der Waals surface area contributed by atoms with Crippen LogP contribution >= 0.6 is 11.8 Å². The number of piperidine rings is 1. The van der Waals surface area contributed by atoms with Gasteiger partial charge in [0.05, 0.1) is 5.25 Å². The van der Waals surface area contributed by atoms with E-state index in [1.54, 1.807) is 0 Å². The van der Waals surface area contributed by atoms with Gasteiger partial charge in [-0.3, -0.25) is 14.7 Å². The topological polar surface area (TPSA) is 106 Å². The van der Waals surface area contributed by atoms with Crippen LogP contribution in [0.2, 0.25) is 0 Å². The molecule has 0 radical (unpaired) electrons. The van der Waals surface area contributed by atoms with Crippen molar-refractivity contribution in [3.05, 3.63) is 0 Å². The second-order valence-corrected chi connectivity index (χ2v) is 8.18. The van der Waals surface area contributed by atoms with Gasteiger partial charge in [0.2, 0.25) is 11.9 Å². The number of imide groups is 1. The summed E-state index contributed by atoms with van der Waals surface area (Å²) in [5.41, 5.74) is 5.09. The number of aromatic nitrogens is 3. The summed E-state index contributed by atoms with van der Waals surface area (Å²) in [6.07, 6.45) is 5.85. The van der Waals surface area contributed by atoms with E-state index in [-0.39, 0.29) is 11.8 Å². The Bertz CT molecular complexity index is 637. The SMILES string of the molecule is CC(C)[C@@H](Sc1nnc(N2CCCCC2)n1C1CC1)C(=O)NC(N)=O. The number of urea groups is 1. The van der Waals surface area contributed by atoms with Gasteiger partial charge in [0.1, 0.15) is 0 Å². The van der Waals surface area contributed by atoms with Gasteiger partial charge in [0.15, 0.2) is 5.16 Å². The number of nitrogens with two attached hydrogens (primary N) is 1. The first-order valence-corrected chi connectivity index (χ1v) is 9.82. The van der Waals surface area contributed by atoms with Gasteiger partial charge < -0.3 is 10.6 Å². The lowest BCUT2D eigenvalue weighted by molar-refractivity contribution is -0.120. The van der Waals surface area contributed by atoms with Crippen molar-refractivity contribution >= 4 is 29.6 Å². The van der Waals surface area contributed by atoms with Gasteiger partial charge in [-0.05, 0) is 38.0 Å². The van der Waals surface area contributed by atoms with Crippen LogP contribution < -0.4 is 16.0 Å². The van der Waals surface area contributed by atoms with Gasteiger partial charge in [-0.15, -0.1) is 10.2 Å². The first-order chi connectivity index (χ1) is 12.0. The third-order valence-corrected chi connectivity index (χ3v) is 6.04. The Kier molecular flexibility index (Phi) is 5.51. The molecule has 0 unspecified atom stereocenters. The molecule has 1 atom stereocenters. The van der Waals surface area contributed by atoms with E-state index in [0.29, 0.717) is 6.04 Å². The molecular formula is C16H26N6O2S. The summed E-state index contributed by atoms with van der Waals surface area (Å²) < 4.78 is 2.18. The Balaban J connectivity index is 1.82. The summed E-state index contributed by atoms with van der Waals surface area (Å²) in [6.45, 7) is 5.90. The van der Waals surface area contributed by atoms with Gasteiger partial charge in [-0.1, -0.05) is 25.6 Å². The summed E-state index contributed by atoms with van der Waals surface area (Å²) in [5.74, 6) is 0.576. The smallest absolute Gasteiger partial charge is 0.318 e. The number of rotatable bonds is 6. The van der Waals surface area contributed by atoms with E-state index in [2.05, 4.69) is 25.0 Å². The number of hydrogen-bond donors (Lipinski definition) is 2. The molecule has 1 aromatic heterocycles. The van der Waals surface area contributed by atoms with Crippen LogP contribution in [0.5, 0.6) is 0 Å². The molecule has 0 aromatic carbocycles. The minimum absolute atomic E-state index is 0.0344. The molecule has 1 saturated carbocycles. The summed E-state index contributed by atoms with van der Waals surface area (Å²) >= 11 is 1.37. The lowest BCUT2D eigenvalue weighted by Gasteiger charge is -2.28. The predicted octanol–water partition coefficient (Wildman–Crippen LogP) is 1.91. The molecule has 1 aliphatic heterocycles. The molecule has 9 heteroatoms. The monoisotopic (exact) mass is 366 g/mol. The highest BCUT2D eigenvalue weighted by molar-refractivity contribution is 8.00. The molecule has 1 saturated heterocycles. The Labute approximate surface area is 151 Å². The molecule has 3 amide bonds. The second-order valence-electron chi connectivity index (χ2n) is 7.07. The molecule has 2 fully saturated rings. The fourth-order valence-electron chi connectivity index (χ4n) is 3.11. The van der Waals surface area contributed by atoms with Crippen molar-refractivity contribution < 1.29 is 9.59 Å². The van der Waals surface area contributed by atoms with Gasteiger partial charge in [-0.2, -0.15) is 0 Å². The van der Waals surface area contributed by atoms with Crippen molar-refractivity contribution in [2.24, 2.45) is 11.7 Å². The maximum Gasteiger partial charge on any atom is 0.318 e. The molecule has 0 bridgehead atoms. The molecule has 1 aromatic rings. The molecule has 0 spiro atoms. The molecule has 3 N–H and O–H groups in total. The van der Waals surface area contributed by atoms with Crippen molar-refractivity contribution in [2.75, 3.05) is 18.0 Å². The van der Waals surface area contributed by atoms with Crippen molar-refractivity contribution in [3.63, 3.8) is 0 Å². The number of anilines is 1. The molecule has 25 heavy (non-hydrogen) atoms. The fraction of sp³-hybridized carbons (Fsp3) is 0.750. The van der Waals surface area contributed by atoms with E-state index in [9.17, 15) is 9.59 Å². The molecule has 3 rings (SSSR count). The lowest BCUT2D eigenvalue weighted by Crippen LogP contribution is -2.42. The van der Waals surface area contributed by atoms with Crippen LogP contribution in [0.3, 0.4) is 0 Å². The highest BCUT2D eigenvalue weighted by Crippen LogP contribution is 2.42. The third-order valence-electron chi connectivity index (χ3n) is 4.54. The zero-order chi connectivity index (χ0) is 18.0. The van der Waals surface area contributed by atoms with Crippen LogP contribution in [0.1, 0.15) is 52.0 Å². The van der Waals surface area contributed by atoms with E-state index in [4.69, 9.17) is 5.73 Å². The van der Waals surface area contributed by atoms with Crippen LogP contribution in [-0.2, 0) is 4.79 Å². The first kappa shape index (κ1) is 18.0. The number of thioether (sulfide) groups is 1. The summed E-state index contributed by atoms with van der Waals surface area (Å²) in [4.78, 5) is 25.6. The van der Waals surface area contributed by atoms with E-state index in [1.165, 1.54) is 31.0 Å². The van der Waals surface area contributed by atoms with Gasteiger partial charge in [0, 0.05) is 19.1 Å². The van der Waals surface area contributed by atoms with Crippen LogP contribution in [0.15, 0.2) is 5.16 Å². The zero-order valence-electron chi connectivity index (χ0n) is 14.8. The Hall–Kier alpha value is -1.77. The number of amides is 3. The van der Waals surface area contributed by atoms with E-state index in [0.717, 1.165) is 37.0 Å². The summed E-state index contributed by atoms with van der Waals surface area (Å²) in [7, 11) is 0. The summed E-state index contributed by atoms with van der Waals surface area (Å²) in [5, 5.41) is 11.3. The molecule has 8 nitrogen and oxygen atoms in total. The van der Waals surface area contributed by atoms with Gasteiger partial charge in [0.25, 0.3) is 0 Å². The minimum atomic E-state index is -0.825. The Morgan fingerprint density at radius 2 is 1.88 bits per heavy atom. The molecular weight excluding hydrogens is 340 g/mol. The second kappa shape index (κ2) is 7.63. The normalized spacial score (nSPS) is 19.1. The van der Waals surface area contributed by atoms with Crippen LogP contribution in [0, 0.1) is 5.92 Å². The third kappa shape index (κ3) is 4.26. The van der Waals surface area contributed by atoms with E-state index < -0.39 is 11.3 Å². The maximum absolute atomic E-state index is 12.3. The van der Waals surface area contributed by atoms with Crippen molar-refractivity contribution in [1.29, 1.82) is 0 Å². The van der Waals surface area contributed by atoms with Crippen molar-refractivity contribution in [1.82, 2.24) is 20.1 Å². The van der Waals surface area contributed by atoms with Gasteiger partial charge in [-0.25, -0.2) is 4.79 Å².